The van der Waals surface area contributed by atoms with Crippen molar-refractivity contribution in [1.82, 2.24) is 5.32 Å². The molecule has 0 amide bonds. The highest BCUT2D eigenvalue weighted by molar-refractivity contribution is 5.32. The van der Waals surface area contributed by atoms with Crippen LogP contribution in [-0.4, -0.2) is 18.7 Å². The highest BCUT2D eigenvalue weighted by atomic mass is 16.5. The molecular weight excluding hydrogens is 212 g/mol. The van der Waals surface area contributed by atoms with Crippen molar-refractivity contribution < 1.29 is 4.74 Å². The van der Waals surface area contributed by atoms with Crippen molar-refractivity contribution in [1.29, 1.82) is 5.26 Å². The smallest absolute Gasteiger partial charge is 0.0991 e. The minimum Gasteiger partial charge on any atom is -0.370 e. The molecule has 17 heavy (non-hydrogen) atoms. The van der Waals surface area contributed by atoms with Crippen LogP contribution in [0.5, 0.6) is 0 Å². The van der Waals surface area contributed by atoms with Gasteiger partial charge < -0.3 is 10.1 Å². The molecule has 0 aliphatic carbocycles. The molecule has 1 N–H and O–H groups in total. The zero-order chi connectivity index (χ0) is 12.3. The molecule has 3 heteroatoms. The minimum absolute atomic E-state index is 0.0994. The number of ether oxygens (including phenoxy) is 1. The maximum absolute atomic E-state index is 8.75. The van der Waals surface area contributed by atoms with Gasteiger partial charge in [-0.25, -0.2) is 0 Å². The van der Waals surface area contributed by atoms with Crippen LogP contribution < -0.4 is 5.32 Å². The van der Waals surface area contributed by atoms with Gasteiger partial charge in [0.25, 0.3) is 0 Å². The lowest BCUT2D eigenvalue weighted by molar-refractivity contribution is -0.0299. The lowest BCUT2D eigenvalue weighted by Gasteiger charge is -2.38. The van der Waals surface area contributed by atoms with Crippen molar-refractivity contribution in [2.45, 2.75) is 31.9 Å². The summed E-state index contributed by atoms with van der Waals surface area (Å²) in [6, 6.07) is 9.75. The molecule has 2 atom stereocenters. The summed E-state index contributed by atoms with van der Waals surface area (Å²) in [5.74, 6) is 0. The predicted molar refractivity (Wildman–Crippen MR) is 66.5 cm³/mol. The second-order valence-corrected chi connectivity index (χ2v) is 4.83. The zero-order valence-electron chi connectivity index (χ0n) is 10.4. The maximum atomic E-state index is 8.75. The monoisotopic (exact) mass is 230 g/mol. The van der Waals surface area contributed by atoms with Gasteiger partial charge in [-0.3, -0.25) is 0 Å². The Hall–Kier alpha value is -1.37. The molecule has 2 rings (SSSR count). The number of rotatable bonds is 2. The van der Waals surface area contributed by atoms with E-state index < -0.39 is 0 Å². The third-order valence-corrected chi connectivity index (χ3v) is 3.51. The van der Waals surface area contributed by atoms with E-state index >= 15 is 0 Å². The number of hydrogen-bond acceptors (Lipinski definition) is 3. The van der Waals surface area contributed by atoms with Crippen LogP contribution in [0.3, 0.4) is 0 Å². The van der Waals surface area contributed by atoms with E-state index in [1.54, 1.807) is 0 Å². The van der Waals surface area contributed by atoms with Crippen LogP contribution in [-0.2, 0) is 4.74 Å². The fourth-order valence-electron chi connectivity index (χ4n) is 1.95. The maximum Gasteiger partial charge on any atom is 0.0991 e. The first-order valence-corrected chi connectivity index (χ1v) is 6.03. The fraction of sp³-hybridized carbons (Fsp3) is 0.500. The Balaban J connectivity index is 2.03. The first kappa shape index (κ1) is 12.1. The number of morpholine rings is 1. The molecule has 1 saturated heterocycles. The number of nitrogens with zero attached hydrogens (tertiary/aromatic N) is 1. The number of hydrogen-bond donors (Lipinski definition) is 1. The van der Waals surface area contributed by atoms with Crippen LogP contribution in [0.15, 0.2) is 24.3 Å². The molecule has 0 aromatic heterocycles. The van der Waals surface area contributed by atoms with E-state index in [0.717, 1.165) is 25.1 Å². The molecule has 1 aromatic rings. The summed E-state index contributed by atoms with van der Waals surface area (Å²) in [6.07, 6.45) is 1.16. The Bertz CT molecular complexity index is 411. The van der Waals surface area contributed by atoms with Gasteiger partial charge in [0.1, 0.15) is 0 Å². The van der Waals surface area contributed by atoms with Crippen LogP contribution in [0.25, 0.3) is 0 Å². The molecule has 0 saturated carbocycles. The molecule has 1 fully saturated rings. The van der Waals surface area contributed by atoms with Gasteiger partial charge in [-0.1, -0.05) is 19.1 Å². The first-order valence-electron chi connectivity index (χ1n) is 6.03. The van der Waals surface area contributed by atoms with Crippen molar-refractivity contribution in [3.63, 3.8) is 0 Å². The third-order valence-electron chi connectivity index (χ3n) is 3.51. The van der Waals surface area contributed by atoms with Gasteiger partial charge in [0.2, 0.25) is 0 Å². The summed E-state index contributed by atoms with van der Waals surface area (Å²) in [5, 5.41) is 12.3. The lowest BCUT2D eigenvalue weighted by atomic mass is 9.96. The van der Waals surface area contributed by atoms with Crippen LogP contribution in [0.1, 0.15) is 37.5 Å². The van der Waals surface area contributed by atoms with Crippen molar-refractivity contribution in [2.75, 3.05) is 13.2 Å². The van der Waals surface area contributed by atoms with Gasteiger partial charge in [0, 0.05) is 12.1 Å². The van der Waals surface area contributed by atoms with E-state index in [1.165, 1.54) is 0 Å². The summed E-state index contributed by atoms with van der Waals surface area (Å²) < 4.78 is 5.90. The summed E-state index contributed by atoms with van der Waals surface area (Å²) in [6.45, 7) is 5.91. The molecule has 0 bridgehead atoms. The van der Waals surface area contributed by atoms with Crippen molar-refractivity contribution in [3.8, 4) is 6.07 Å². The number of benzene rings is 1. The Kier molecular flexibility index (Phi) is 3.46. The SMILES string of the molecule is CCC1(C)COC(c2ccc(C#N)cc2)CN1. The first-order chi connectivity index (χ1) is 8.17. The average Bonchev–Trinajstić information content (AvgIpc) is 2.40. The number of nitrogens with one attached hydrogen (secondary N) is 1. The Morgan fingerprint density at radius 3 is 2.65 bits per heavy atom. The molecule has 3 nitrogen and oxygen atoms in total. The van der Waals surface area contributed by atoms with Crippen LogP contribution in [0, 0.1) is 11.3 Å². The van der Waals surface area contributed by atoms with Gasteiger partial charge in [0.05, 0.1) is 24.3 Å². The van der Waals surface area contributed by atoms with E-state index in [9.17, 15) is 0 Å². The van der Waals surface area contributed by atoms with Gasteiger partial charge in [-0.05, 0) is 31.0 Å². The molecule has 1 aromatic carbocycles. The predicted octanol–water partition coefficient (Wildman–Crippen LogP) is 2.39. The summed E-state index contributed by atoms with van der Waals surface area (Å²) in [5.41, 5.74) is 1.92. The molecule has 1 aliphatic rings. The van der Waals surface area contributed by atoms with Crippen LogP contribution >= 0.6 is 0 Å². The standard InChI is InChI=1S/C14H18N2O/c1-3-14(2)10-17-13(9-16-14)12-6-4-11(8-15)5-7-12/h4-7,13,16H,3,9-10H2,1-2H3. The van der Waals surface area contributed by atoms with Crippen LogP contribution in [0.4, 0.5) is 0 Å². The average molecular weight is 230 g/mol. The second kappa shape index (κ2) is 4.87. The molecule has 0 radical (unpaired) electrons. The van der Waals surface area contributed by atoms with E-state index in [4.69, 9.17) is 10.00 Å². The van der Waals surface area contributed by atoms with Crippen molar-refractivity contribution in [3.05, 3.63) is 35.4 Å². The van der Waals surface area contributed by atoms with Gasteiger partial charge in [-0.2, -0.15) is 5.26 Å². The fourth-order valence-corrected chi connectivity index (χ4v) is 1.95. The normalized spacial score (nSPS) is 28.6. The summed E-state index contributed by atoms with van der Waals surface area (Å²) in [7, 11) is 0. The van der Waals surface area contributed by atoms with Crippen molar-refractivity contribution in [2.24, 2.45) is 0 Å². The Morgan fingerprint density at radius 1 is 1.47 bits per heavy atom. The van der Waals surface area contributed by atoms with Gasteiger partial charge >= 0.3 is 0 Å². The highest BCUT2D eigenvalue weighted by Gasteiger charge is 2.30. The minimum atomic E-state index is 0.0994. The van der Waals surface area contributed by atoms with Crippen molar-refractivity contribution >= 4 is 0 Å². The van der Waals surface area contributed by atoms with Gasteiger partial charge in [-0.15, -0.1) is 0 Å². The van der Waals surface area contributed by atoms with Crippen LogP contribution in [0.2, 0.25) is 0 Å². The molecule has 1 aliphatic heterocycles. The van der Waals surface area contributed by atoms with E-state index in [2.05, 4.69) is 25.2 Å². The quantitative estimate of drug-likeness (QED) is 0.848. The Labute approximate surface area is 102 Å². The lowest BCUT2D eigenvalue weighted by Crippen LogP contribution is -2.52. The molecular formula is C14H18N2O. The summed E-state index contributed by atoms with van der Waals surface area (Å²) >= 11 is 0. The second-order valence-electron chi connectivity index (χ2n) is 4.83. The largest absolute Gasteiger partial charge is 0.370 e. The van der Waals surface area contributed by atoms with Gasteiger partial charge in [0.15, 0.2) is 0 Å². The van der Waals surface area contributed by atoms with E-state index in [1.807, 2.05) is 24.3 Å². The highest BCUT2D eigenvalue weighted by Crippen LogP contribution is 2.25. The summed E-state index contributed by atoms with van der Waals surface area (Å²) in [4.78, 5) is 0. The molecule has 90 valence electrons. The zero-order valence-corrected chi connectivity index (χ0v) is 10.4. The van der Waals surface area contributed by atoms with E-state index in [-0.39, 0.29) is 11.6 Å². The van der Waals surface area contributed by atoms with E-state index in [0.29, 0.717) is 5.56 Å². The topological polar surface area (TPSA) is 45.0 Å². The molecule has 2 unspecified atom stereocenters. The number of nitriles is 1. The third kappa shape index (κ3) is 2.66. The molecule has 0 spiro atoms. The molecule has 1 heterocycles. The Morgan fingerprint density at radius 2 is 2.18 bits per heavy atom.